The van der Waals surface area contributed by atoms with Gasteiger partial charge < -0.3 is 14.4 Å². The van der Waals surface area contributed by atoms with Crippen molar-refractivity contribution in [3.8, 4) is 5.75 Å². The minimum atomic E-state index is -0.436. The summed E-state index contributed by atoms with van der Waals surface area (Å²) in [6.07, 6.45) is 6.09. The minimum absolute atomic E-state index is 0.000641. The van der Waals surface area contributed by atoms with Crippen molar-refractivity contribution in [3.63, 3.8) is 0 Å². The van der Waals surface area contributed by atoms with E-state index in [1.165, 1.54) is 11.9 Å². The van der Waals surface area contributed by atoms with E-state index in [9.17, 15) is 14.4 Å². The topological polar surface area (TPSA) is 85.3 Å². The number of ether oxygens (including phenoxy) is 2. The third-order valence-electron chi connectivity index (χ3n) is 4.86. The van der Waals surface area contributed by atoms with E-state index in [4.69, 9.17) is 9.47 Å². The van der Waals surface area contributed by atoms with Crippen LogP contribution in [0.3, 0.4) is 0 Å². The van der Waals surface area contributed by atoms with E-state index in [2.05, 4.69) is 10.3 Å². The summed E-state index contributed by atoms with van der Waals surface area (Å²) in [6.45, 7) is 4.50. The largest absolute Gasteiger partial charge is 0.482 e. The Morgan fingerprint density at radius 1 is 1.22 bits per heavy atom. The van der Waals surface area contributed by atoms with E-state index in [0.29, 0.717) is 36.5 Å². The monoisotopic (exact) mass is 454 g/mol. The molecule has 1 aliphatic carbocycles. The number of nitrogens with zero attached hydrogens (tertiary/aromatic N) is 2. The van der Waals surface area contributed by atoms with Gasteiger partial charge in [0.2, 0.25) is 0 Å². The summed E-state index contributed by atoms with van der Waals surface area (Å²) < 4.78 is 14.5. The maximum absolute atomic E-state index is 12.7. The maximum Gasteiger partial charge on any atom is 0.344 e. The number of benzene rings is 1. The predicted molar refractivity (Wildman–Crippen MR) is 124 cm³/mol. The molecule has 0 spiro atoms. The van der Waals surface area contributed by atoms with Crippen molar-refractivity contribution in [1.82, 2.24) is 4.90 Å². The summed E-state index contributed by atoms with van der Waals surface area (Å²) in [5, 5.41) is 0. The van der Waals surface area contributed by atoms with Gasteiger partial charge in [-0.05, 0) is 65.7 Å². The molecule has 0 atom stereocenters. The Balaban J connectivity index is 1.52. The first-order chi connectivity index (χ1) is 15.4. The molecule has 0 N–H and O–H groups in total. The first-order valence-electron chi connectivity index (χ1n) is 10.3. The molecule has 3 rings (SSSR count). The lowest BCUT2D eigenvalue weighted by Crippen LogP contribution is -2.32. The van der Waals surface area contributed by atoms with Gasteiger partial charge in [0.1, 0.15) is 5.75 Å². The van der Waals surface area contributed by atoms with Gasteiger partial charge in [0.15, 0.2) is 12.4 Å². The van der Waals surface area contributed by atoms with E-state index in [-0.39, 0.29) is 30.8 Å². The van der Waals surface area contributed by atoms with Gasteiger partial charge in [0.05, 0.1) is 13.2 Å². The van der Waals surface area contributed by atoms with Crippen molar-refractivity contribution < 1.29 is 23.9 Å². The van der Waals surface area contributed by atoms with Gasteiger partial charge in [-0.3, -0.25) is 9.59 Å². The molecule has 0 saturated carbocycles. The Hall–Kier alpha value is -3.09. The predicted octanol–water partition coefficient (Wildman–Crippen LogP) is 3.42. The first kappa shape index (κ1) is 23.6. The Morgan fingerprint density at radius 2 is 1.97 bits per heavy atom. The average molecular weight is 455 g/mol. The highest BCUT2D eigenvalue weighted by Gasteiger charge is 2.31. The van der Waals surface area contributed by atoms with Crippen LogP contribution in [0.5, 0.6) is 5.75 Å². The summed E-state index contributed by atoms with van der Waals surface area (Å²) in [4.78, 5) is 38.6. The van der Waals surface area contributed by atoms with E-state index >= 15 is 0 Å². The molecule has 168 valence electrons. The molecule has 2 aliphatic rings. The standard InChI is InChI=1S/C24H26N2O5S/c1-16(2)14-31-23(28)15-30-20-7-5-18(6-8-20)22(27)13-26-12-19-10-17(11-25-32-3)4-9-21(19)24(26)29/h4-9,16H,10,12-15H2,1-3H3. The van der Waals surface area contributed by atoms with Gasteiger partial charge in [0, 0.05) is 35.9 Å². The zero-order valence-electron chi connectivity index (χ0n) is 18.4. The van der Waals surface area contributed by atoms with Gasteiger partial charge in [-0.15, -0.1) is 0 Å². The summed E-state index contributed by atoms with van der Waals surface area (Å²) in [5.41, 5.74) is 3.03. The highest BCUT2D eigenvalue weighted by Crippen LogP contribution is 2.29. The van der Waals surface area contributed by atoms with Crippen LogP contribution in [-0.4, -0.2) is 61.0 Å². The molecule has 1 aromatic carbocycles. The van der Waals surface area contributed by atoms with E-state index in [1.54, 1.807) is 35.2 Å². The number of carbonyl (C=O) groups excluding carboxylic acids is 3. The number of hydrogen-bond acceptors (Lipinski definition) is 7. The van der Waals surface area contributed by atoms with E-state index in [0.717, 1.165) is 11.1 Å². The molecule has 8 heteroatoms. The molecule has 0 radical (unpaired) electrons. The molecule has 1 aromatic rings. The van der Waals surface area contributed by atoms with Crippen molar-refractivity contribution in [2.24, 2.45) is 10.3 Å². The number of amides is 1. The fourth-order valence-corrected chi connectivity index (χ4v) is 3.48. The average Bonchev–Trinajstić information content (AvgIpc) is 3.09. The minimum Gasteiger partial charge on any atom is -0.482 e. The van der Waals surface area contributed by atoms with Crippen LogP contribution in [0, 0.1) is 5.92 Å². The van der Waals surface area contributed by atoms with Crippen LogP contribution in [-0.2, 0) is 14.3 Å². The zero-order chi connectivity index (χ0) is 23.1. The zero-order valence-corrected chi connectivity index (χ0v) is 19.2. The summed E-state index contributed by atoms with van der Waals surface area (Å²) in [7, 11) is 0. The van der Waals surface area contributed by atoms with Gasteiger partial charge >= 0.3 is 5.97 Å². The Labute approximate surface area is 192 Å². The van der Waals surface area contributed by atoms with Gasteiger partial charge in [0.25, 0.3) is 5.91 Å². The molecular formula is C24H26N2O5S. The number of ketones is 1. The second-order valence-electron chi connectivity index (χ2n) is 7.91. The summed E-state index contributed by atoms with van der Waals surface area (Å²) in [5.74, 6) is 2.96. The third kappa shape index (κ3) is 6.22. The third-order valence-corrected chi connectivity index (χ3v) is 5.13. The van der Waals surface area contributed by atoms with Crippen LogP contribution in [0.1, 0.15) is 30.6 Å². The van der Waals surface area contributed by atoms with Crippen molar-refractivity contribution in [3.05, 3.63) is 58.7 Å². The molecule has 32 heavy (non-hydrogen) atoms. The normalized spacial score (nSPS) is 15.1. The van der Waals surface area contributed by atoms with Gasteiger partial charge in [-0.1, -0.05) is 13.8 Å². The van der Waals surface area contributed by atoms with Crippen molar-refractivity contribution in [1.29, 1.82) is 0 Å². The number of allylic oxidation sites excluding steroid dienone is 2. The molecule has 0 bridgehead atoms. The van der Waals surface area contributed by atoms with E-state index < -0.39 is 5.97 Å². The van der Waals surface area contributed by atoms with Crippen LogP contribution >= 0.6 is 11.9 Å². The molecule has 1 aliphatic heterocycles. The second kappa shape index (κ2) is 11.0. The lowest BCUT2D eigenvalue weighted by atomic mass is 9.97. The maximum atomic E-state index is 12.7. The summed E-state index contributed by atoms with van der Waals surface area (Å²) in [6, 6.07) is 6.51. The SMILES string of the molecule is CSN=C=C1C=CC2=C(C1)CN(CC(=O)c1ccc(OCC(=O)OCC(C)C)cc1)C2=O. The Kier molecular flexibility index (Phi) is 8.09. The highest BCUT2D eigenvalue weighted by molar-refractivity contribution is 7.97. The fraction of sp³-hybridized carbons (Fsp3) is 0.375. The van der Waals surface area contributed by atoms with Gasteiger partial charge in [-0.2, -0.15) is 4.40 Å². The van der Waals surface area contributed by atoms with Crippen molar-refractivity contribution >= 4 is 35.5 Å². The molecule has 1 heterocycles. The summed E-state index contributed by atoms with van der Waals surface area (Å²) >= 11 is 1.33. The van der Waals surface area contributed by atoms with Crippen LogP contribution in [0.15, 0.2) is 57.5 Å². The number of hydrogen-bond donors (Lipinski definition) is 0. The smallest absolute Gasteiger partial charge is 0.344 e. The Morgan fingerprint density at radius 3 is 2.66 bits per heavy atom. The second-order valence-corrected chi connectivity index (χ2v) is 8.46. The van der Waals surface area contributed by atoms with Crippen LogP contribution < -0.4 is 4.74 Å². The Bertz CT molecular complexity index is 1020. The van der Waals surface area contributed by atoms with Gasteiger partial charge in [-0.25, -0.2) is 4.79 Å². The van der Waals surface area contributed by atoms with Crippen molar-refractivity contribution in [2.45, 2.75) is 20.3 Å². The lowest BCUT2D eigenvalue weighted by Gasteiger charge is -2.16. The number of Topliss-reactive ketones (excluding diaryl/α,β-unsaturated/α-hetero) is 1. The molecule has 7 nitrogen and oxygen atoms in total. The molecule has 0 aromatic heterocycles. The molecule has 1 amide bonds. The fourth-order valence-electron chi connectivity index (χ4n) is 3.28. The number of carbonyl (C=O) groups is 3. The lowest BCUT2D eigenvalue weighted by molar-refractivity contribution is -0.147. The molecule has 0 fully saturated rings. The first-order valence-corrected chi connectivity index (χ1v) is 11.5. The highest BCUT2D eigenvalue weighted by atomic mass is 32.2. The number of esters is 1. The van der Waals surface area contributed by atoms with E-state index in [1.807, 2.05) is 26.2 Å². The van der Waals surface area contributed by atoms with Crippen LogP contribution in [0.4, 0.5) is 0 Å². The van der Waals surface area contributed by atoms with Crippen LogP contribution in [0.25, 0.3) is 0 Å². The number of rotatable bonds is 9. The molecule has 0 saturated heterocycles. The molecule has 0 unspecified atom stereocenters. The van der Waals surface area contributed by atoms with Crippen LogP contribution in [0.2, 0.25) is 0 Å². The van der Waals surface area contributed by atoms with Crippen molar-refractivity contribution in [2.75, 3.05) is 32.6 Å². The quantitative estimate of drug-likeness (QED) is 0.246. The molecular weight excluding hydrogens is 428 g/mol.